The summed E-state index contributed by atoms with van der Waals surface area (Å²) in [5.74, 6) is 3.21. The highest BCUT2D eigenvalue weighted by molar-refractivity contribution is 5.24. The van der Waals surface area contributed by atoms with Crippen LogP contribution >= 0.6 is 0 Å². The van der Waals surface area contributed by atoms with Gasteiger partial charge in [0, 0.05) is 5.92 Å². The third kappa shape index (κ3) is 3.06. The molecule has 0 aromatic heterocycles. The maximum atomic E-state index is 6.30. The number of para-hydroxylation sites is 1. The van der Waals surface area contributed by atoms with E-state index < -0.39 is 0 Å². The molecule has 5 atom stereocenters. The molecule has 0 N–H and O–H groups in total. The third-order valence-electron chi connectivity index (χ3n) is 9.02. The molecule has 0 heterocycles. The van der Waals surface area contributed by atoms with Gasteiger partial charge in [-0.1, -0.05) is 64.0 Å². The molecular weight excluding hydrogens is 328 g/mol. The van der Waals surface area contributed by atoms with Gasteiger partial charge in [-0.05, 0) is 79.2 Å². The summed E-state index contributed by atoms with van der Waals surface area (Å²) in [4.78, 5) is 0. The summed E-state index contributed by atoms with van der Waals surface area (Å²) in [5, 5.41) is 0. The second-order valence-corrected chi connectivity index (χ2v) is 10.9. The monoisotopic (exact) mass is 366 g/mol. The SMILES string of the molecule is CC1=CC[C@H]2[C@@](C)(CC[C@H]3C(C)(C)CCC[C@]23C)[C@@H]1COc1ccccc1. The Morgan fingerprint density at radius 1 is 0.926 bits per heavy atom. The smallest absolute Gasteiger partial charge is 0.119 e. The van der Waals surface area contributed by atoms with Gasteiger partial charge in [-0.15, -0.1) is 0 Å². The highest BCUT2D eigenvalue weighted by Gasteiger charge is 2.60. The Labute approximate surface area is 166 Å². The fraction of sp³-hybridized carbons (Fsp3) is 0.692. The molecule has 4 rings (SSSR count). The van der Waals surface area contributed by atoms with Gasteiger partial charge < -0.3 is 4.74 Å². The molecule has 3 aliphatic rings. The lowest BCUT2D eigenvalue weighted by Crippen LogP contribution is -2.58. The summed E-state index contributed by atoms with van der Waals surface area (Å²) in [6, 6.07) is 10.4. The second kappa shape index (κ2) is 6.68. The Balaban J connectivity index is 1.62. The third-order valence-corrected chi connectivity index (χ3v) is 9.02. The van der Waals surface area contributed by atoms with Gasteiger partial charge in [-0.25, -0.2) is 0 Å². The molecule has 1 nitrogen and oxygen atoms in total. The number of benzene rings is 1. The number of hydrogen-bond acceptors (Lipinski definition) is 1. The van der Waals surface area contributed by atoms with E-state index in [0.29, 0.717) is 22.2 Å². The second-order valence-electron chi connectivity index (χ2n) is 10.9. The average Bonchev–Trinajstić information content (AvgIpc) is 2.61. The van der Waals surface area contributed by atoms with Crippen LogP contribution < -0.4 is 4.74 Å². The van der Waals surface area contributed by atoms with Crippen molar-refractivity contribution < 1.29 is 4.74 Å². The van der Waals surface area contributed by atoms with Crippen LogP contribution in [0.25, 0.3) is 0 Å². The fourth-order valence-corrected chi connectivity index (χ4v) is 7.63. The van der Waals surface area contributed by atoms with Gasteiger partial charge in [-0.2, -0.15) is 0 Å². The van der Waals surface area contributed by atoms with Crippen molar-refractivity contribution in [2.24, 2.45) is 34.0 Å². The molecule has 148 valence electrons. The van der Waals surface area contributed by atoms with Crippen molar-refractivity contribution >= 4 is 0 Å². The first-order valence-electron chi connectivity index (χ1n) is 11.1. The minimum atomic E-state index is 0.367. The van der Waals surface area contributed by atoms with E-state index in [1.54, 1.807) is 5.57 Å². The summed E-state index contributed by atoms with van der Waals surface area (Å²) in [6.07, 6.45) is 10.8. The quantitative estimate of drug-likeness (QED) is 0.511. The first-order chi connectivity index (χ1) is 12.8. The molecule has 0 spiro atoms. The van der Waals surface area contributed by atoms with Crippen LogP contribution in [-0.2, 0) is 0 Å². The zero-order valence-corrected chi connectivity index (χ0v) is 18.1. The average molecular weight is 367 g/mol. The van der Waals surface area contributed by atoms with Crippen LogP contribution in [0.2, 0.25) is 0 Å². The van der Waals surface area contributed by atoms with Crippen LogP contribution in [0.3, 0.4) is 0 Å². The maximum Gasteiger partial charge on any atom is 0.119 e. The standard InChI is InChI=1S/C26H38O/c1-19-12-13-23-25(4,21(19)18-27-20-10-7-6-8-11-20)17-14-22-24(2,3)15-9-16-26(22,23)5/h6-8,10-12,21-23H,9,13-18H2,1-5H3/t21-,22+,23+,25+,26+/m1/s1. The molecular formula is C26H38O. The molecule has 0 radical (unpaired) electrons. The van der Waals surface area contributed by atoms with E-state index in [9.17, 15) is 0 Å². The van der Waals surface area contributed by atoms with E-state index in [1.807, 2.05) is 0 Å². The largest absolute Gasteiger partial charge is 0.493 e. The zero-order chi connectivity index (χ0) is 19.3. The molecule has 2 fully saturated rings. The normalized spacial score (nSPS) is 40.5. The Kier molecular flexibility index (Phi) is 4.72. The number of ether oxygens (including phenoxy) is 1. The minimum Gasteiger partial charge on any atom is -0.493 e. The maximum absolute atomic E-state index is 6.30. The Morgan fingerprint density at radius 2 is 1.67 bits per heavy atom. The van der Waals surface area contributed by atoms with Crippen LogP contribution in [0.1, 0.15) is 73.1 Å². The number of rotatable bonds is 3. The Morgan fingerprint density at radius 3 is 2.41 bits per heavy atom. The highest BCUT2D eigenvalue weighted by Crippen LogP contribution is 2.68. The molecule has 0 unspecified atom stereocenters. The van der Waals surface area contributed by atoms with Crippen molar-refractivity contribution in [3.8, 4) is 5.75 Å². The molecule has 0 amide bonds. The number of allylic oxidation sites excluding steroid dienone is 1. The van der Waals surface area contributed by atoms with Gasteiger partial charge >= 0.3 is 0 Å². The predicted octanol–water partition coefficient (Wildman–Crippen LogP) is 7.28. The molecule has 27 heavy (non-hydrogen) atoms. The number of hydrogen-bond donors (Lipinski definition) is 0. The molecule has 1 aromatic rings. The molecule has 1 aromatic carbocycles. The van der Waals surface area contributed by atoms with Crippen molar-refractivity contribution in [3.63, 3.8) is 0 Å². The number of fused-ring (bicyclic) bond motifs is 3. The Bertz CT molecular complexity index is 702. The van der Waals surface area contributed by atoms with E-state index in [1.165, 1.54) is 38.5 Å². The first kappa shape index (κ1) is 19.1. The molecule has 0 aliphatic heterocycles. The van der Waals surface area contributed by atoms with E-state index in [4.69, 9.17) is 4.74 Å². The van der Waals surface area contributed by atoms with Crippen LogP contribution in [0.4, 0.5) is 0 Å². The van der Waals surface area contributed by atoms with Gasteiger partial charge in [0.05, 0.1) is 6.61 Å². The lowest BCUT2D eigenvalue weighted by Gasteiger charge is -2.65. The van der Waals surface area contributed by atoms with E-state index >= 15 is 0 Å². The first-order valence-corrected chi connectivity index (χ1v) is 11.1. The molecule has 0 saturated heterocycles. The highest BCUT2D eigenvalue weighted by atomic mass is 16.5. The predicted molar refractivity (Wildman–Crippen MR) is 114 cm³/mol. The van der Waals surface area contributed by atoms with Crippen molar-refractivity contribution in [3.05, 3.63) is 42.0 Å². The summed E-state index contributed by atoms with van der Waals surface area (Å²) >= 11 is 0. The van der Waals surface area contributed by atoms with Crippen LogP contribution in [0.5, 0.6) is 5.75 Å². The van der Waals surface area contributed by atoms with Gasteiger partial charge in [-0.3, -0.25) is 0 Å². The summed E-state index contributed by atoms with van der Waals surface area (Å²) < 4.78 is 6.30. The minimum absolute atomic E-state index is 0.367. The lowest BCUT2D eigenvalue weighted by atomic mass is 9.40. The van der Waals surface area contributed by atoms with Crippen molar-refractivity contribution in [2.45, 2.75) is 73.1 Å². The van der Waals surface area contributed by atoms with Crippen LogP contribution in [0, 0.1) is 34.0 Å². The summed E-state index contributed by atoms with van der Waals surface area (Å²) in [7, 11) is 0. The lowest BCUT2D eigenvalue weighted by molar-refractivity contribution is -0.148. The van der Waals surface area contributed by atoms with Crippen molar-refractivity contribution in [1.29, 1.82) is 0 Å². The molecule has 2 saturated carbocycles. The van der Waals surface area contributed by atoms with Gasteiger partial charge in [0.25, 0.3) is 0 Å². The fourth-order valence-electron chi connectivity index (χ4n) is 7.63. The summed E-state index contributed by atoms with van der Waals surface area (Å²) in [5.41, 5.74) is 2.91. The Hall–Kier alpha value is -1.24. The zero-order valence-electron chi connectivity index (χ0n) is 18.1. The van der Waals surface area contributed by atoms with Crippen molar-refractivity contribution in [1.82, 2.24) is 0 Å². The van der Waals surface area contributed by atoms with E-state index in [2.05, 4.69) is 71.0 Å². The molecule has 1 heteroatoms. The summed E-state index contributed by atoms with van der Waals surface area (Å²) in [6.45, 7) is 13.5. The van der Waals surface area contributed by atoms with Gasteiger partial charge in [0.2, 0.25) is 0 Å². The van der Waals surface area contributed by atoms with Gasteiger partial charge in [0.1, 0.15) is 5.75 Å². The molecule has 3 aliphatic carbocycles. The van der Waals surface area contributed by atoms with Crippen LogP contribution in [-0.4, -0.2) is 6.61 Å². The van der Waals surface area contributed by atoms with Crippen molar-refractivity contribution in [2.75, 3.05) is 6.61 Å². The van der Waals surface area contributed by atoms with Crippen LogP contribution in [0.15, 0.2) is 42.0 Å². The molecule has 0 bridgehead atoms. The van der Waals surface area contributed by atoms with E-state index in [-0.39, 0.29) is 0 Å². The van der Waals surface area contributed by atoms with Gasteiger partial charge in [0.15, 0.2) is 0 Å². The van der Waals surface area contributed by atoms with E-state index in [0.717, 1.165) is 24.2 Å². The topological polar surface area (TPSA) is 9.23 Å².